The molecule has 28 heavy (non-hydrogen) atoms. The first-order valence-corrected chi connectivity index (χ1v) is 9.90. The fourth-order valence-corrected chi connectivity index (χ4v) is 3.03. The van der Waals surface area contributed by atoms with Crippen LogP contribution in [0.3, 0.4) is 0 Å². The second-order valence-electron chi connectivity index (χ2n) is 6.21. The van der Waals surface area contributed by atoms with Crippen LogP contribution >= 0.6 is 0 Å². The number of likely N-dealkylation sites (N-methyl/N-ethyl adjacent to an activating group) is 1. The Morgan fingerprint density at radius 3 is 2.07 bits per heavy atom. The van der Waals surface area contributed by atoms with Gasteiger partial charge in [0.15, 0.2) is 13.1 Å². The third-order valence-corrected chi connectivity index (χ3v) is 4.64. The molecule has 0 heterocycles. The van der Waals surface area contributed by atoms with Gasteiger partial charge in [0.2, 0.25) is 10.0 Å². The summed E-state index contributed by atoms with van der Waals surface area (Å²) in [6, 6.07) is 12.6. The summed E-state index contributed by atoms with van der Waals surface area (Å²) in [6.45, 7) is 0.0903. The van der Waals surface area contributed by atoms with Crippen molar-refractivity contribution >= 4 is 33.2 Å². The monoisotopic (exact) mass is 407 g/mol. The van der Waals surface area contributed by atoms with Gasteiger partial charge in [-0.2, -0.15) is 0 Å². The first-order chi connectivity index (χ1) is 13.2. The highest BCUT2D eigenvalue weighted by atomic mass is 32.2. The van der Waals surface area contributed by atoms with Crippen molar-refractivity contribution in [3.8, 4) is 5.75 Å². The number of methoxy groups -OCH3 is 1. The first-order valence-electron chi connectivity index (χ1n) is 8.35. The van der Waals surface area contributed by atoms with E-state index in [-0.39, 0.29) is 29.8 Å². The molecule has 10 heteroatoms. The zero-order valence-electron chi connectivity index (χ0n) is 15.6. The second kappa shape index (κ2) is 9.31. The Balaban J connectivity index is 1.87. The van der Waals surface area contributed by atoms with E-state index in [0.717, 1.165) is 0 Å². The highest BCUT2D eigenvalue weighted by Crippen LogP contribution is 2.16. The highest BCUT2D eigenvalue weighted by Gasteiger charge is 2.15. The number of benzene rings is 2. The first kappa shape index (κ1) is 21.4. The van der Waals surface area contributed by atoms with Crippen molar-refractivity contribution in [2.75, 3.05) is 37.9 Å². The van der Waals surface area contributed by atoms with Gasteiger partial charge in [0.05, 0.1) is 19.1 Å². The minimum absolute atomic E-state index is 0.0190. The van der Waals surface area contributed by atoms with Crippen LogP contribution in [0, 0.1) is 0 Å². The quantitative estimate of drug-likeness (QED) is 0.466. The molecule has 0 bridgehead atoms. The average molecular weight is 407 g/mol. The summed E-state index contributed by atoms with van der Waals surface area (Å²) in [6.07, 6.45) is 0. The van der Waals surface area contributed by atoms with E-state index >= 15 is 0 Å². The van der Waals surface area contributed by atoms with E-state index in [2.05, 4.69) is 10.6 Å². The fraction of sp³-hybridized carbons (Fsp3) is 0.222. The van der Waals surface area contributed by atoms with Crippen LogP contribution in [0.5, 0.6) is 5.75 Å². The Hall–Kier alpha value is -2.95. The molecule has 0 aliphatic carbocycles. The second-order valence-corrected chi connectivity index (χ2v) is 7.77. The number of hydrogen-bond donors (Lipinski definition) is 4. The van der Waals surface area contributed by atoms with Crippen molar-refractivity contribution in [1.29, 1.82) is 0 Å². The summed E-state index contributed by atoms with van der Waals surface area (Å²) in [4.78, 5) is 24.8. The number of hydrogen-bond acceptors (Lipinski definition) is 5. The molecule has 1 atom stereocenters. The van der Waals surface area contributed by atoms with Crippen molar-refractivity contribution in [2.24, 2.45) is 5.14 Å². The third-order valence-electron chi connectivity index (χ3n) is 3.72. The minimum atomic E-state index is -3.85. The Morgan fingerprint density at radius 2 is 1.54 bits per heavy atom. The Kier molecular flexibility index (Phi) is 7.10. The molecule has 0 aromatic heterocycles. The molecule has 0 aliphatic heterocycles. The van der Waals surface area contributed by atoms with Gasteiger partial charge in [0.25, 0.3) is 11.8 Å². The van der Waals surface area contributed by atoms with Gasteiger partial charge in [-0.05, 0) is 30.3 Å². The van der Waals surface area contributed by atoms with E-state index in [4.69, 9.17) is 9.88 Å². The largest absolute Gasteiger partial charge is 0.497 e. The summed E-state index contributed by atoms with van der Waals surface area (Å²) in [5.41, 5.74) is 0.909. The molecule has 0 radical (unpaired) electrons. The number of nitrogens with two attached hydrogens (primary N) is 1. The normalized spacial score (nSPS) is 12.1. The van der Waals surface area contributed by atoms with Crippen LogP contribution in [0.1, 0.15) is 0 Å². The smallest absolute Gasteiger partial charge is 0.279 e. The van der Waals surface area contributed by atoms with Crippen LogP contribution in [0.4, 0.5) is 11.4 Å². The van der Waals surface area contributed by atoms with Gasteiger partial charge in [0, 0.05) is 17.4 Å². The van der Waals surface area contributed by atoms with Gasteiger partial charge >= 0.3 is 0 Å². The highest BCUT2D eigenvalue weighted by molar-refractivity contribution is 7.89. The van der Waals surface area contributed by atoms with Crippen LogP contribution in [-0.2, 0) is 19.6 Å². The zero-order chi connectivity index (χ0) is 20.7. The lowest BCUT2D eigenvalue weighted by Gasteiger charge is -2.14. The molecule has 2 amide bonds. The lowest BCUT2D eigenvalue weighted by atomic mass is 10.3. The molecule has 9 nitrogen and oxygen atoms in total. The maximum Gasteiger partial charge on any atom is 0.279 e. The molecular weight excluding hydrogens is 384 g/mol. The van der Waals surface area contributed by atoms with Crippen LogP contribution in [-0.4, -0.2) is 47.5 Å². The number of carbonyl (C=O) groups excluding carboxylic acids is 2. The molecule has 2 rings (SSSR count). The third kappa shape index (κ3) is 6.65. The molecule has 0 spiro atoms. The zero-order valence-corrected chi connectivity index (χ0v) is 16.4. The number of anilines is 2. The predicted molar refractivity (Wildman–Crippen MR) is 105 cm³/mol. The molecule has 5 N–H and O–H groups in total. The van der Waals surface area contributed by atoms with E-state index in [1.807, 2.05) is 0 Å². The maximum atomic E-state index is 12.1. The van der Waals surface area contributed by atoms with Crippen LogP contribution in [0.15, 0.2) is 53.4 Å². The average Bonchev–Trinajstić information content (AvgIpc) is 2.60. The SMILES string of the molecule is COc1cccc(NC(=O)C[NH+](C)CC(=O)Nc2cccc(S(N)(=O)=O)c2)c1. The van der Waals surface area contributed by atoms with E-state index in [0.29, 0.717) is 22.0 Å². The van der Waals surface area contributed by atoms with E-state index in [1.54, 1.807) is 37.4 Å². The van der Waals surface area contributed by atoms with Gasteiger partial charge in [0.1, 0.15) is 5.75 Å². The van der Waals surface area contributed by atoms with E-state index in [9.17, 15) is 18.0 Å². The number of nitrogens with one attached hydrogen (secondary N) is 3. The van der Waals surface area contributed by atoms with Gasteiger partial charge < -0.3 is 20.3 Å². The number of ether oxygens (including phenoxy) is 1. The summed E-state index contributed by atoms with van der Waals surface area (Å²) >= 11 is 0. The number of amides is 2. The molecule has 0 aliphatic rings. The van der Waals surface area contributed by atoms with Crippen molar-refractivity contribution < 1.29 is 27.6 Å². The molecule has 1 unspecified atom stereocenters. The summed E-state index contributed by atoms with van der Waals surface area (Å²) in [7, 11) is -0.616. The van der Waals surface area contributed by atoms with E-state index in [1.165, 1.54) is 25.3 Å². The standard InChI is InChI=1S/C18H22N4O5S/c1-22(11-17(23)20-13-5-3-7-15(9-13)27-2)12-18(24)21-14-6-4-8-16(10-14)28(19,25)26/h3-10H,11-12H2,1-2H3,(H,20,23)(H,21,24)(H2,19,25,26)/p+1. The van der Waals surface area contributed by atoms with Crippen molar-refractivity contribution in [2.45, 2.75) is 4.90 Å². The Morgan fingerprint density at radius 1 is 1.00 bits per heavy atom. The van der Waals surface area contributed by atoms with Gasteiger partial charge in [-0.25, -0.2) is 13.6 Å². The van der Waals surface area contributed by atoms with Gasteiger partial charge in [-0.1, -0.05) is 12.1 Å². The van der Waals surface area contributed by atoms with Crippen molar-refractivity contribution in [3.05, 3.63) is 48.5 Å². The number of rotatable bonds is 8. The number of primary sulfonamides is 1. The number of quaternary nitrogens is 1. The Bertz CT molecular complexity index is 962. The lowest BCUT2D eigenvalue weighted by molar-refractivity contribution is -0.862. The molecule has 0 fully saturated rings. The summed E-state index contributed by atoms with van der Waals surface area (Å²) in [5.74, 6) is 0.00706. The van der Waals surface area contributed by atoms with Crippen LogP contribution in [0.25, 0.3) is 0 Å². The molecule has 0 saturated heterocycles. The van der Waals surface area contributed by atoms with Gasteiger partial charge in [-0.15, -0.1) is 0 Å². The number of sulfonamides is 1. The Labute approximate surface area is 163 Å². The molecule has 2 aromatic rings. The molecule has 2 aromatic carbocycles. The van der Waals surface area contributed by atoms with Crippen molar-refractivity contribution in [3.63, 3.8) is 0 Å². The van der Waals surface area contributed by atoms with Crippen molar-refractivity contribution in [1.82, 2.24) is 0 Å². The van der Waals surface area contributed by atoms with Crippen LogP contribution in [0.2, 0.25) is 0 Å². The predicted octanol–water partition coefficient (Wildman–Crippen LogP) is -0.565. The summed E-state index contributed by atoms with van der Waals surface area (Å²) < 4.78 is 27.8. The summed E-state index contributed by atoms with van der Waals surface area (Å²) in [5, 5.41) is 10.4. The molecule has 150 valence electrons. The number of carbonyl (C=O) groups is 2. The fourth-order valence-electron chi connectivity index (χ4n) is 2.47. The van der Waals surface area contributed by atoms with E-state index < -0.39 is 10.0 Å². The van der Waals surface area contributed by atoms with Crippen LogP contribution < -0.4 is 25.4 Å². The van der Waals surface area contributed by atoms with Gasteiger partial charge in [-0.3, -0.25) is 9.59 Å². The topological polar surface area (TPSA) is 132 Å². The lowest BCUT2D eigenvalue weighted by Crippen LogP contribution is -3.11. The molecular formula is C18H23N4O5S+. The molecule has 0 saturated carbocycles. The minimum Gasteiger partial charge on any atom is -0.497 e. The maximum absolute atomic E-state index is 12.1.